The van der Waals surface area contributed by atoms with Crippen molar-refractivity contribution in [3.05, 3.63) is 58.8 Å². The number of aromatic nitrogens is 3. The van der Waals surface area contributed by atoms with E-state index in [-0.39, 0.29) is 5.57 Å². The van der Waals surface area contributed by atoms with Crippen LogP contribution in [0.5, 0.6) is 0 Å². The van der Waals surface area contributed by atoms with Crippen LogP contribution >= 0.6 is 11.6 Å². The van der Waals surface area contributed by atoms with E-state index >= 15 is 0 Å². The lowest BCUT2D eigenvalue weighted by molar-refractivity contribution is -0.222. The van der Waals surface area contributed by atoms with Crippen molar-refractivity contribution in [1.29, 1.82) is 0 Å². The molecule has 1 fully saturated rings. The lowest BCUT2D eigenvalue weighted by Gasteiger charge is -2.29. The maximum absolute atomic E-state index is 12.1. The van der Waals surface area contributed by atoms with Gasteiger partial charge in [-0.1, -0.05) is 11.6 Å². The van der Waals surface area contributed by atoms with E-state index in [2.05, 4.69) is 15.5 Å². The summed E-state index contributed by atoms with van der Waals surface area (Å²) in [4.78, 5) is 25.6. The Balaban J connectivity index is 1.63. The van der Waals surface area contributed by atoms with Gasteiger partial charge in [0.1, 0.15) is 11.0 Å². The number of rotatable bonds is 3. The number of nitrogens with one attached hydrogen (secondary N) is 1. The zero-order valence-corrected chi connectivity index (χ0v) is 16.6. The SMILES string of the molecule is Cc1cc2nn(-c3ccc(Cl)cc3)nc2cc1NC=C1C(=O)OC(C)(C)OC1=O. The first-order valence-corrected chi connectivity index (χ1v) is 9.17. The first-order chi connectivity index (χ1) is 13.7. The third-order valence-electron chi connectivity index (χ3n) is 4.27. The maximum atomic E-state index is 12.1. The van der Waals surface area contributed by atoms with Crippen molar-refractivity contribution in [1.82, 2.24) is 15.0 Å². The first-order valence-electron chi connectivity index (χ1n) is 8.79. The molecule has 2 heterocycles. The number of anilines is 1. The molecule has 0 radical (unpaired) electrons. The van der Waals surface area contributed by atoms with E-state index in [4.69, 9.17) is 21.1 Å². The minimum atomic E-state index is -1.28. The standard InChI is InChI=1S/C20H17ClN4O4/c1-11-8-16-17(24-25(23-16)13-6-4-12(21)5-7-13)9-15(11)22-10-14-18(26)28-20(2,3)29-19(14)27/h4-10,22H,1-3H3. The number of carbonyl (C=O) groups is 2. The normalized spacial score (nSPS) is 15.8. The fourth-order valence-corrected chi connectivity index (χ4v) is 2.97. The van der Waals surface area contributed by atoms with Gasteiger partial charge in [-0.3, -0.25) is 0 Å². The molecule has 148 valence electrons. The van der Waals surface area contributed by atoms with Gasteiger partial charge in [-0.15, -0.1) is 10.2 Å². The van der Waals surface area contributed by atoms with Crippen LogP contribution in [-0.2, 0) is 19.1 Å². The van der Waals surface area contributed by atoms with Crippen molar-refractivity contribution < 1.29 is 19.1 Å². The van der Waals surface area contributed by atoms with E-state index in [0.717, 1.165) is 11.3 Å². The molecule has 0 bridgehead atoms. The van der Waals surface area contributed by atoms with E-state index in [9.17, 15) is 9.59 Å². The van der Waals surface area contributed by atoms with Gasteiger partial charge in [0.15, 0.2) is 5.57 Å². The number of halogens is 1. The number of benzene rings is 2. The molecular formula is C20H17ClN4O4. The van der Waals surface area contributed by atoms with E-state index in [1.807, 2.05) is 25.1 Å². The molecule has 1 saturated heterocycles. The molecule has 2 aromatic carbocycles. The highest BCUT2D eigenvalue weighted by atomic mass is 35.5. The Morgan fingerprint density at radius 3 is 2.24 bits per heavy atom. The molecule has 1 aromatic heterocycles. The summed E-state index contributed by atoms with van der Waals surface area (Å²) in [5.74, 6) is -2.77. The summed E-state index contributed by atoms with van der Waals surface area (Å²) in [6.07, 6.45) is 1.28. The van der Waals surface area contributed by atoms with Crippen LogP contribution in [0, 0.1) is 6.92 Å². The Hall–Kier alpha value is -3.39. The number of nitrogens with zero attached hydrogens (tertiary/aromatic N) is 3. The fourth-order valence-electron chi connectivity index (χ4n) is 2.84. The number of aryl methyl sites for hydroxylation is 1. The molecule has 1 N–H and O–H groups in total. The number of ether oxygens (including phenoxy) is 2. The van der Waals surface area contributed by atoms with E-state index in [1.165, 1.54) is 24.8 Å². The predicted molar refractivity (Wildman–Crippen MR) is 107 cm³/mol. The van der Waals surface area contributed by atoms with Crippen LogP contribution in [0.15, 0.2) is 48.2 Å². The lowest BCUT2D eigenvalue weighted by Crippen LogP contribution is -2.42. The topological polar surface area (TPSA) is 95.3 Å². The Labute approximate surface area is 171 Å². The van der Waals surface area contributed by atoms with Gasteiger partial charge in [0.05, 0.1) is 5.69 Å². The summed E-state index contributed by atoms with van der Waals surface area (Å²) in [7, 11) is 0. The minimum Gasteiger partial charge on any atom is -0.419 e. The second-order valence-corrected chi connectivity index (χ2v) is 7.44. The molecule has 0 atom stereocenters. The molecule has 1 aliphatic rings. The summed E-state index contributed by atoms with van der Waals surface area (Å²) in [5.41, 5.74) is 3.42. The number of cyclic esters (lactones) is 2. The minimum absolute atomic E-state index is 0.214. The average molecular weight is 413 g/mol. The third kappa shape index (κ3) is 3.79. The van der Waals surface area contributed by atoms with Crippen molar-refractivity contribution in [2.45, 2.75) is 26.6 Å². The molecule has 0 spiro atoms. The van der Waals surface area contributed by atoms with E-state index in [1.54, 1.807) is 18.2 Å². The van der Waals surface area contributed by atoms with E-state index < -0.39 is 17.7 Å². The van der Waals surface area contributed by atoms with Gasteiger partial charge in [0, 0.05) is 30.8 Å². The number of hydrogen-bond donors (Lipinski definition) is 1. The predicted octanol–water partition coefficient (Wildman–Crippen LogP) is 3.51. The molecule has 9 heteroatoms. The summed E-state index contributed by atoms with van der Waals surface area (Å²) in [5, 5.41) is 12.5. The third-order valence-corrected chi connectivity index (χ3v) is 4.52. The zero-order valence-electron chi connectivity index (χ0n) is 15.9. The van der Waals surface area contributed by atoms with Crippen molar-refractivity contribution in [3.63, 3.8) is 0 Å². The summed E-state index contributed by atoms with van der Waals surface area (Å²) in [6.45, 7) is 4.87. The molecule has 1 aliphatic heterocycles. The smallest absolute Gasteiger partial charge is 0.350 e. The quantitative estimate of drug-likeness (QED) is 0.399. The second-order valence-electron chi connectivity index (χ2n) is 7.00. The van der Waals surface area contributed by atoms with Crippen LogP contribution in [-0.4, -0.2) is 32.7 Å². The van der Waals surface area contributed by atoms with Crippen LogP contribution in [0.4, 0.5) is 5.69 Å². The Kier molecular flexibility index (Phi) is 4.50. The van der Waals surface area contributed by atoms with Gasteiger partial charge in [0.25, 0.3) is 5.79 Å². The molecule has 0 amide bonds. The fraction of sp³-hybridized carbons (Fsp3) is 0.200. The number of esters is 2. The molecule has 0 unspecified atom stereocenters. The highest BCUT2D eigenvalue weighted by Crippen LogP contribution is 2.25. The molecule has 0 aliphatic carbocycles. The van der Waals surface area contributed by atoms with Crippen LogP contribution in [0.25, 0.3) is 16.7 Å². The van der Waals surface area contributed by atoms with Crippen LogP contribution in [0.3, 0.4) is 0 Å². The van der Waals surface area contributed by atoms with Crippen molar-refractivity contribution in [3.8, 4) is 5.69 Å². The van der Waals surface area contributed by atoms with Crippen molar-refractivity contribution in [2.75, 3.05) is 5.32 Å². The van der Waals surface area contributed by atoms with Crippen LogP contribution < -0.4 is 5.32 Å². The lowest BCUT2D eigenvalue weighted by atomic mass is 10.1. The Morgan fingerprint density at radius 2 is 1.62 bits per heavy atom. The largest absolute Gasteiger partial charge is 0.419 e. The van der Waals surface area contributed by atoms with Crippen LogP contribution in [0.2, 0.25) is 5.02 Å². The Bertz CT molecular complexity index is 1140. The molecule has 29 heavy (non-hydrogen) atoms. The summed E-state index contributed by atoms with van der Waals surface area (Å²) in [6, 6.07) is 10.8. The first kappa shape index (κ1) is 18.9. The highest BCUT2D eigenvalue weighted by Gasteiger charge is 2.38. The monoisotopic (exact) mass is 412 g/mol. The molecule has 3 aromatic rings. The van der Waals surface area contributed by atoms with Gasteiger partial charge < -0.3 is 14.8 Å². The summed E-state index contributed by atoms with van der Waals surface area (Å²) >= 11 is 5.92. The molecular weight excluding hydrogens is 396 g/mol. The van der Waals surface area contributed by atoms with Crippen molar-refractivity contribution in [2.24, 2.45) is 0 Å². The van der Waals surface area contributed by atoms with Gasteiger partial charge in [0.2, 0.25) is 0 Å². The number of hydrogen-bond acceptors (Lipinski definition) is 7. The number of carbonyl (C=O) groups excluding carboxylic acids is 2. The zero-order chi connectivity index (χ0) is 20.8. The van der Waals surface area contributed by atoms with Crippen LogP contribution in [0.1, 0.15) is 19.4 Å². The van der Waals surface area contributed by atoms with Gasteiger partial charge >= 0.3 is 11.9 Å². The average Bonchev–Trinajstić information content (AvgIpc) is 3.03. The number of fused-ring (bicyclic) bond motifs is 1. The van der Waals surface area contributed by atoms with Crippen molar-refractivity contribution >= 4 is 40.3 Å². The van der Waals surface area contributed by atoms with Gasteiger partial charge in [-0.05, 0) is 48.9 Å². The van der Waals surface area contributed by atoms with Gasteiger partial charge in [-0.25, -0.2) is 9.59 Å². The molecule has 8 nitrogen and oxygen atoms in total. The summed E-state index contributed by atoms with van der Waals surface area (Å²) < 4.78 is 10.2. The second kappa shape index (κ2) is 6.89. The highest BCUT2D eigenvalue weighted by molar-refractivity contribution is 6.30. The maximum Gasteiger partial charge on any atom is 0.350 e. The molecule has 4 rings (SSSR count). The van der Waals surface area contributed by atoms with E-state index in [0.29, 0.717) is 21.7 Å². The molecule has 0 saturated carbocycles. The van der Waals surface area contributed by atoms with Gasteiger partial charge in [-0.2, -0.15) is 4.80 Å². The Morgan fingerprint density at radius 1 is 1.03 bits per heavy atom.